The Hall–Kier alpha value is -3.35. The van der Waals surface area contributed by atoms with E-state index in [1.165, 1.54) is 6.26 Å². The molecule has 0 radical (unpaired) electrons. The topological polar surface area (TPSA) is 124 Å². The lowest BCUT2D eigenvalue weighted by Gasteiger charge is -2.13. The number of carbonyl (C=O) groups is 1. The van der Waals surface area contributed by atoms with Crippen molar-refractivity contribution in [1.29, 1.82) is 0 Å². The minimum absolute atomic E-state index is 0.0375. The fourth-order valence-electron chi connectivity index (χ4n) is 2.29. The van der Waals surface area contributed by atoms with Gasteiger partial charge in [-0.1, -0.05) is 11.8 Å². The van der Waals surface area contributed by atoms with Gasteiger partial charge in [-0.15, -0.1) is 10.2 Å². The number of nitro groups is 1. The highest BCUT2D eigenvalue weighted by Crippen LogP contribution is 2.37. The smallest absolute Gasteiger partial charge is 0.418 e. The molecule has 2 heterocycles. The highest BCUT2D eigenvalue weighted by Gasteiger charge is 2.35. The fourth-order valence-corrected chi connectivity index (χ4v) is 2.85. The van der Waals surface area contributed by atoms with Crippen molar-refractivity contribution in [1.82, 2.24) is 10.2 Å². The maximum atomic E-state index is 13.1. The molecular formula is C16H11F3N4O5S. The van der Waals surface area contributed by atoms with Crippen LogP contribution < -0.4 is 5.32 Å². The normalized spacial score (nSPS) is 11.4. The summed E-state index contributed by atoms with van der Waals surface area (Å²) in [5.74, 6) is -0.372. The van der Waals surface area contributed by atoms with E-state index in [1.807, 2.05) is 0 Å². The first-order valence-corrected chi connectivity index (χ1v) is 8.80. The number of anilines is 1. The number of amides is 1. The van der Waals surface area contributed by atoms with Crippen LogP contribution in [0.15, 0.2) is 44.6 Å². The summed E-state index contributed by atoms with van der Waals surface area (Å²) in [4.78, 5) is 21.8. The van der Waals surface area contributed by atoms with E-state index in [2.05, 4.69) is 15.5 Å². The Morgan fingerprint density at radius 1 is 1.31 bits per heavy atom. The molecule has 0 spiro atoms. The number of benzene rings is 1. The second-order valence-corrected chi connectivity index (χ2v) is 6.51. The SMILES string of the molecule is Cc1occc1-c1nnc(SCC(=O)Nc2ccc([N+](=O)[O-])cc2C(F)(F)F)o1. The van der Waals surface area contributed by atoms with E-state index in [0.29, 0.717) is 17.4 Å². The summed E-state index contributed by atoms with van der Waals surface area (Å²) in [5, 5.41) is 20.4. The van der Waals surface area contributed by atoms with Crippen molar-refractivity contribution in [2.75, 3.05) is 11.1 Å². The van der Waals surface area contributed by atoms with Gasteiger partial charge in [-0.2, -0.15) is 13.2 Å². The van der Waals surface area contributed by atoms with Crippen LogP contribution >= 0.6 is 11.8 Å². The van der Waals surface area contributed by atoms with Crippen molar-refractivity contribution in [2.45, 2.75) is 18.3 Å². The summed E-state index contributed by atoms with van der Waals surface area (Å²) < 4.78 is 49.9. The van der Waals surface area contributed by atoms with Crippen molar-refractivity contribution in [3.8, 4) is 11.5 Å². The minimum Gasteiger partial charge on any atom is -0.469 e. The average Bonchev–Trinajstić information content (AvgIpc) is 3.27. The van der Waals surface area contributed by atoms with Crippen LogP contribution in [0.4, 0.5) is 24.5 Å². The number of aryl methyl sites for hydroxylation is 1. The number of furan rings is 1. The van der Waals surface area contributed by atoms with Gasteiger partial charge >= 0.3 is 6.18 Å². The van der Waals surface area contributed by atoms with Crippen LogP contribution in [-0.2, 0) is 11.0 Å². The molecule has 3 rings (SSSR count). The zero-order chi connectivity index (χ0) is 21.2. The van der Waals surface area contributed by atoms with Crippen LogP contribution in [0, 0.1) is 17.0 Å². The van der Waals surface area contributed by atoms with Gasteiger partial charge in [-0.25, -0.2) is 0 Å². The maximum absolute atomic E-state index is 13.1. The molecule has 0 aliphatic heterocycles. The first-order chi connectivity index (χ1) is 13.6. The highest BCUT2D eigenvalue weighted by atomic mass is 32.2. The molecular weight excluding hydrogens is 417 g/mol. The number of nitrogens with zero attached hydrogens (tertiary/aromatic N) is 3. The molecule has 2 aromatic heterocycles. The monoisotopic (exact) mass is 428 g/mol. The van der Waals surface area contributed by atoms with Crippen molar-refractivity contribution in [3.63, 3.8) is 0 Å². The third-order valence-corrected chi connectivity index (χ3v) is 4.43. The molecule has 1 amide bonds. The summed E-state index contributed by atoms with van der Waals surface area (Å²) in [5.41, 5.74) is -2.07. The van der Waals surface area contributed by atoms with E-state index in [-0.39, 0.29) is 16.9 Å². The maximum Gasteiger partial charge on any atom is 0.418 e. The van der Waals surface area contributed by atoms with E-state index < -0.39 is 33.9 Å². The van der Waals surface area contributed by atoms with E-state index in [0.717, 1.165) is 23.9 Å². The van der Waals surface area contributed by atoms with Crippen LogP contribution in [-0.4, -0.2) is 26.8 Å². The molecule has 0 aliphatic carbocycles. The first-order valence-electron chi connectivity index (χ1n) is 7.81. The molecule has 0 saturated heterocycles. The van der Waals surface area contributed by atoms with Gasteiger partial charge in [0.1, 0.15) is 5.76 Å². The number of rotatable bonds is 6. The molecule has 1 aromatic carbocycles. The van der Waals surface area contributed by atoms with Crippen molar-refractivity contribution < 1.29 is 31.7 Å². The Bertz CT molecular complexity index is 1060. The van der Waals surface area contributed by atoms with Gasteiger partial charge in [0.15, 0.2) is 0 Å². The summed E-state index contributed by atoms with van der Waals surface area (Å²) in [6, 6.07) is 3.68. The molecule has 0 saturated carbocycles. The van der Waals surface area contributed by atoms with Gasteiger partial charge in [-0.05, 0) is 19.1 Å². The van der Waals surface area contributed by atoms with E-state index in [1.54, 1.807) is 13.0 Å². The van der Waals surface area contributed by atoms with Crippen LogP contribution in [0.3, 0.4) is 0 Å². The Labute approximate surface area is 164 Å². The van der Waals surface area contributed by atoms with Crippen LogP contribution in [0.5, 0.6) is 0 Å². The standard InChI is InChI=1S/C16H11F3N4O5S/c1-8-10(4-5-27-8)14-21-22-15(28-14)29-7-13(24)20-12-3-2-9(23(25)26)6-11(12)16(17,18)19/h2-6H,7H2,1H3,(H,20,24). The number of aromatic nitrogens is 2. The van der Waals surface area contributed by atoms with Gasteiger partial charge in [0.05, 0.1) is 33.8 Å². The molecule has 1 N–H and O–H groups in total. The lowest BCUT2D eigenvalue weighted by atomic mass is 10.1. The Kier molecular flexibility index (Phi) is 5.59. The number of nitro benzene ring substituents is 1. The summed E-state index contributed by atoms with van der Waals surface area (Å²) in [7, 11) is 0. The molecule has 0 fully saturated rings. The fraction of sp³-hybridized carbons (Fsp3) is 0.188. The summed E-state index contributed by atoms with van der Waals surface area (Å²) >= 11 is 0.821. The quantitative estimate of drug-likeness (QED) is 0.350. The lowest BCUT2D eigenvalue weighted by Crippen LogP contribution is -2.18. The molecule has 0 aliphatic rings. The number of hydrogen-bond acceptors (Lipinski definition) is 8. The van der Waals surface area contributed by atoms with E-state index >= 15 is 0 Å². The first kappa shape index (κ1) is 20.4. The Morgan fingerprint density at radius 2 is 2.07 bits per heavy atom. The van der Waals surface area contributed by atoms with Gasteiger partial charge < -0.3 is 14.2 Å². The van der Waals surface area contributed by atoms with Gasteiger partial charge in [0, 0.05) is 12.1 Å². The number of thioether (sulfide) groups is 1. The van der Waals surface area contributed by atoms with Crippen molar-refractivity contribution in [2.24, 2.45) is 0 Å². The van der Waals surface area contributed by atoms with Crippen LogP contribution in [0.25, 0.3) is 11.5 Å². The molecule has 29 heavy (non-hydrogen) atoms. The van der Waals surface area contributed by atoms with Gasteiger partial charge in [-0.3, -0.25) is 14.9 Å². The predicted octanol–water partition coefficient (Wildman–Crippen LogP) is 4.30. The highest BCUT2D eigenvalue weighted by molar-refractivity contribution is 7.99. The lowest BCUT2D eigenvalue weighted by molar-refractivity contribution is -0.385. The molecule has 13 heteroatoms. The van der Waals surface area contributed by atoms with Crippen molar-refractivity contribution >= 4 is 29.0 Å². The average molecular weight is 428 g/mol. The zero-order valence-electron chi connectivity index (χ0n) is 14.5. The van der Waals surface area contributed by atoms with Gasteiger partial charge in [0.2, 0.25) is 5.91 Å². The number of nitrogens with one attached hydrogen (secondary N) is 1. The molecule has 0 atom stereocenters. The molecule has 0 unspecified atom stereocenters. The number of hydrogen-bond donors (Lipinski definition) is 1. The second-order valence-electron chi connectivity index (χ2n) is 5.59. The summed E-state index contributed by atoms with van der Waals surface area (Å²) in [6.45, 7) is 1.70. The Morgan fingerprint density at radius 3 is 2.69 bits per heavy atom. The number of alkyl halides is 3. The molecule has 152 valence electrons. The van der Waals surface area contributed by atoms with E-state index in [9.17, 15) is 28.1 Å². The number of halogens is 3. The Balaban J connectivity index is 1.68. The van der Waals surface area contributed by atoms with E-state index in [4.69, 9.17) is 8.83 Å². The molecule has 3 aromatic rings. The number of non-ortho nitro benzene ring substituents is 1. The molecule has 9 nitrogen and oxygen atoms in total. The second kappa shape index (κ2) is 7.95. The number of carbonyl (C=O) groups excluding carboxylic acids is 1. The predicted molar refractivity (Wildman–Crippen MR) is 94.2 cm³/mol. The van der Waals surface area contributed by atoms with Crippen LogP contribution in [0.1, 0.15) is 11.3 Å². The summed E-state index contributed by atoms with van der Waals surface area (Å²) in [6.07, 6.45) is -3.44. The minimum atomic E-state index is -4.88. The van der Waals surface area contributed by atoms with Crippen LogP contribution in [0.2, 0.25) is 0 Å². The third kappa shape index (κ3) is 4.74. The zero-order valence-corrected chi connectivity index (χ0v) is 15.3. The largest absolute Gasteiger partial charge is 0.469 e. The molecule has 0 bridgehead atoms. The van der Waals surface area contributed by atoms with Gasteiger partial charge in [0.25, 0.3) is 16.8 Å². The third-order valence-electron chi connectivity index (χ3n) is 3.62. The van der Waals surface area contributed by atoms with Crippen molar-refractivity contribution in [3.05, 3.63) is 52.0 Å².